The van der Waals surface area contributed by atoms with Gasteiger partial charge in [0.1, 0.15) is 6.04 Å². The van der Waals surface area contributed by atoms with E-state index in [0.717, 1.165) is 23.1 Å². The zero-order valence-electron chi connectivity index (χ0n) is 17.0. The standard InChI is InChI=1S/C23H29ClN2O2/c1-5-17(3)25-23(28)18(4)26(15-20-11-7-6-9-16(20)2)22(27)14-19-10-8-12-21(24)13-19/h6-13,17-18H,5,14-15H2,1-4H3,(H,25,28)/t17-,18-/m1/s1. The summed E-state index contributed by atoms with van der Waals surface area (Å²) in [5.74, 6) is -0.236. The second-order valence-electron chi connectivity index (χ2n) is 7.25. The van der Waals surface area contributed by atoms with Crippen molar-refractivity contribution in [3.8, 4) is 0 Å². The van der Waals surface area contributed by atoms with Crippen molar-refractivity contribution in [2.45, 2.75) is 59.2 Å². The first-order chi connectivity index (χ1) is 13.3. The van der Waals surface area contributed by atoms with Crippen LogP contribution in [0.4, 0.5) is 0 Å². The summed E-state index contributed by atoms with van der Waals surface area (Å²) < 4.78 is 0. The smallest absolute Gasteiger partial charge is 0.242 e. The molecule has 0 saturated carbocycles. The summed E-state index contributed by atoms with van der Waals surface area (Å²) >= 11 is 6.06. The Hall–Kier alpha value is -2.33. The van der Waals surface area contributed by atoms with Crippen LogP contribution in [0.2, 0.25) is 5.02 Å². The van der Waals surface area contributed by atoms with Gasteiger partial charge in [-0.25, -0.2) is 0 Å². The second kappa shape index (κ2) is 10.3. The van der Waals surface area contributed by atoms with E-state index in [2.05, 4.69) is 5.32 Å². The number of hydrogen-bond acceptors (Lipinski definition) is 2. The van der Waals surface area contributed by atoms with Crippen LogP contribution < -0.4 is 5.32 Å². The van der Waals surface area contributed by atoms with Gasteiger partial charge >= 0.3 is 0 Å². The fourth-order valence-electron chi connectivity index (χ4n) is 2.94. The molecule has 2 aromatic carbocycles. The number of amides is 2. The maximum atomic E-state index is 13.1. The lowest BCUT2D eigenvalue weighted by Crippen LogP contribution is -2.50. The molecule has 2 aromatic rings. The highest BCUT2D eigenvalue weighted by atomic mass is 35.5. The van der Waals surface area contributed by atoms with E-state index in [1.807, 2.05) is 57.2 Å². The second-order valence-corrected chi connectivity index (χ2v) is 7.69. The minimum atomic E-state index is -0.569. The highest BCUT2D eigenvalue weighted by molar-refractivity contribution is 6.30. The van der Waals surface area contributed by atoms with Crippen LogP contribution in [0.3, 0.4) is 0 Å². The van der Waals surface area contributed by atoms with E-state index in [1.54, 1.807) is 24.0 Å². The van der Waals surface area contributed by atoms with E-state index in [-0.39, 0.29) is 24.3 Å². The Balaban J connectivity index is 2.25. The molecule has 28 heavy (non-hydrogen) atoms. The average Bonchev–Trinajstić information content (AvgIpc) is 2.66. The summed E-state index contributed by atoms with van der Waals surface area (Å²) in [6.45, 7) is 8.17. The first-order valence-corrected chi connectivity index (χ1v) is 10.1. The van der Waals surface area contributed by atoms with Crippen LogP contribution >= 0.6 is 11.6 Å². The highest BCUT2D eigenvalue weighted by Crippen LogP contribution is 2.17. The molecule has 2 rings (SSSR count). The van der Waals surface area contributed by atoms with Crippen molar-refractivity contribution in [3.05, 3.63) is 70.2 Å². The monoisotopic (exact) mass is 400 g/mol. The Kier molecular flexibility index (Phi) is 8.06. The minimum absolute atomic E-state index is 0.0679. The molecule has 0 aliphatic rings. The predicted molar refractivity (Wildman–Crippen MR) is 114 cm³/mol. The van der Waals surface area contributed by atoms with Crippen molar-refractivity contribution in [3.63, 3.8) is 0 Å². The Morgan fingerprint density at radius 2 is 1.82 bits per heavy atom. The van der Waals surface area contributed by atoms with Gasteiger partial charge in [0.15, 0.2) is 0 Å². The molecule has 1 N–H and O–H groups in total. The van der Waals surface area contributed by atoms with Gasteiger partial charge in [0, 0.05) is 17.6 Å². The van der Waals surface area contributed by atoms with Crippen LogP contribution in [0, 0.1) is 6.92 Å². The number of benzene rings is 2. The van der Waals surface area contributed by atoms with Crippen molar-refractivity contribution in [2.75, 3.05) is 0 Å². The quantitative estimate of drug-likeness (QED) is 0.708. The molecule has 0 aliphatic heterocycles. The molecular formula is C23H29ClN2O2. The third-order valence-electron chi connectivity index (χ3n) is 5.01. The SMILES string of the molecule is CC[C@@H](C)NC(=O)[C@@H](C)N(Cc1ccccc1C)C(=O)Cc1cccc(Cl)c1. The topological polar surface area (TPSA) is 49.4 Å². The van der Waals surface area contributed by atoms with Gasteiger partial charge in [0.2, 0.25) is 11.8 Å². The van der Waals surface area contributed by atoms with Crippen LogP contribution in [-0.2, 0) is 22.6 Å². The molecule has 0 aliphatic carbocycles. The van der Waals surface area contributed by atoms with Gasteiger partial charge in [-0.3, -0.25) is 9.59 Å². The fraction of sp³-hybridized carbons (Fsp3) is 0.391. The number of carbonyl (C=O) groups excluding carboxylic acids is 2. The lowest BCUT2D eigenvalue weighted by Gasteiger charge is -2.30. The van der Waals surface area contributed by atoms with Gasteiger partial charge in [-0.05, 0) is 56.0 Å². The summed E-state index contributed by atoms with van der Waals surface area (Å²) in [5.41, 5.74) is 2.96. The zero-order chi connectivity index (χ0) is 20.7. The summed E-state index contributed by atoms with van der Waals surface area (Å²) in [4.78, 5) is 27.5. The van der Waals surface area contributed by atoms with Crippen LogP contribution in [0.5, 0.6) is 0 Å². The highest BCUT2D eigenvalue weighted by Gasteiger charge is 2.27. The zero-order valence-corrected chi connectivity index (χ0v) is 17.8. The third kappa shape index (κ3) is 6.10. The molecule has 0 radical (unpaired) electrons. The molecule has 0 fully saturated rings. The lowest BCUT2D eigenvalue weighted by atomic mass is 10.1. The molecule has 0 heterocycles. The Bertz CT molecular complexity index is 822. The van der Waals surface area contributed by atoms with E-state index < -0.39 is 6.04 Å². The van der Waals surface area contributed by atoms with Gasteiger partial charge in [-0.1, -0.05) is 54.9 Å². The molecule has 150 valence electrons. The van der Waals surface area contributed by atoms with Crippen molar-refractivity contribution in [1.29, 1.82) is 0 Å². The number of rotatable bonds is 8. The van der Waals surface area contributed by atoms with E-state index in [4.69, 9.17) is 11.6 Å². The molecule has 0 spiro atoms. The summed E-state index contributed by atoms with van der Waals surface area (Å²) in [7, 11) is 0. The average molecular weight is 401 g/mol. The summed E-state index contributed by atoms with van der Waals surface area (Å²) in [6, 6.07) is 14.7. The number of halogens is 1. The summed E-state index contributed by atoms with van der Waals surface area (Å²) in [5, 5.41) is 3.58. The maximum absolute atomic E-state index is 13.1. The van der Waals surface area contributed by atoms with Crippen molar-refractivity contribution in [2.24, 2.45) is 0 Å². The van der Waals surface area contributed by atoms with Crippen LogP contribution in [0.25, 0.3) is 0 Å². The number of nitrogens with zero attached hydrogens (tertiary/aromatic N) is 1. The van der Waals surface area contributed by atoms with Gasteiger partial charge in [-0.15, -0.1) is 0 Å². The molecule has 2 atom stereocenters. The molecule has 4 nitrogen and oxygen atoms in total. The van der Waals surface area contributed by atoms with Crippen LogP contribution in [0.15, 0.2) is 48.5 Å². The Morgan fingerprint density at radius 3 is 2.46 bits per heavy atom. The number of carbonyl (C=O) groups is 2. The van der Waals surface area contributed by atoms with Crippen LogP contribution in [-0.4, -0.2) is 28.8 Å². The number of hydrogen-bond donors (Lipinski definition) is 1. The molecular weight excluding hydrogens is 372 g/mol. The molecule has 0 aromatic heterocycles. The number of nitrogens with one attached hydrogen (secondary N) is 1. The van der Waals surface area contributed by atoms with E-state index in [0.29, 0.717) is 11.6 Å². The normalized spacial score (nSPS) is 12.9. The Morgan fingerprint density at radius 1 is 1.11 bits per heavy atom. The molecule has 0 unspecified atom stereocenters. The first kappa shape index (κ1) is 22.0. The molecule has 2 amide bonds. The minimum Gasteiger partial charge on any atom is -0.352 e. The van der Waals surface area contributed by atoms with Gasteiger partial charge in [0.25, 0.3) is 0 Å². The molecule has 0 bridgehead atoms. The van der Waals surface area contributed by atoms with Crippen molar-refractivity contribution in [1.82, 2.24) is 10.2 Å². The first-order valence-electron chi connectivity index (χ1n) is 9.70. The van der Waals surface area contributed by atoms with Crippen molar-refractivity contribution < 1.29 is 9.59 Å². The number of aryl methyl sites for hydroxylation is 1. The van der Waals surface area contributed by atoms with Gasteiger partial charge in [0.05, 0.1) is 6.42 Å². The summed E-state index contributed by atoms with van der Waals surface area (Å²) in [6.07, 6.45) is 1.04. The third-order valence-corrected chi connectivity index (χ3v) is 5.25. The fourth-order valence-corrected chi connectivity index (χ4v) is 3.16. The predicted octanol–water partition coefficient (Wildman–Crippen LogP) is 4.52. The van der Waals surface area contributed by atoms with E-state index >= 15 is 0 Å². The van der Waals surface area contributed by atoms with Gasteiger partial charge < -0.3 is 10.2 Å². The van der Waals surface area contributed by atoms with E-state index in [1.165, 1.54) is 0 Å². The largest absolute Gasteiger partial charge is 0.352 e. The van der Waals surface area contributed by atoms with Crippen molar-refractivity contribution >= 4 is 23.4 Å². The maximum Gasteiger partial charge on any atom is 0.242 e. The lowest BCUT2D eigenvalue weighted by molar-refractivity contribution is -0.140. The Labute approximate surface area is 172 Å². The van der Waals surface area contributed by atoms with E-state index in [9.17, 15) is 9.59 Å². The van der Waals surface area contributed by atoms with Gasteiger partial charge in [-0.2, -0.15) is 0 Å². The van der Waals surface area contributed by atoms with Crippen LogP contribution in [0.1, 0.15) is 43.9 Å². The molecule has 0 saturated heterocycles. The molecule has 5 heteroatoms.